The zero-order valence-corrected chi connectivity index (χ0v) is 8.58. The standard InChI is InChI=1S/C8H11N3O2S/c1-6(4-9)14(12,13)11-8(5-10)7-2-3-7/h6-8,11H,2-3H2,1H3. The molecule has 6 heteroatoms. The highest BCUT2D eigenvalue weighted by Gasteiger charge is 2.35. The second kappa shape index (κ2) is 3.95. The lowest BCUT2D eigenvalue weighted by Crippen LogP contribution is -2.39. The Hall–Kier alpha value is -1.11. The molecule has 0 bridgehead atoms. The summed E-state index contributed by atoms with van der Waals surface area (Å²) in [4.78, 5) is 0. The zero-order chi connectivity index (χ0) is 10.8. The van der Waals surface area contributed by atoms with Crippen molar-refractivity contribution < 1.29 is 8.42 Å². The van der Waals surface area contributed by atoms with E-state index in [0.717, 1.165) is 12.8 Å². The van der Waals surface area contributed by atoms with Crippen molar-refractivity contribution in [3.63, 3.8) is 0 Å². The van der Waals surface area contributed by atoms with E-state index in [1.807, 2.05) is 6.07 Å². The molecule has 1 N–H and O–H groups in total. The van der Waals surface area contributed by atoms with Crippen LogP contribution >= 0.6 is 0 Å². The highest BCUT2D eigenvalue weighted by Crippen LogP contribution is 2.32. The van der Waals surface area contributed by atoms with Crippen molar-refractivity contribution in [3.8, 4) is 12.1 Å². The maximum absolute atomic E-state index is 11.4. The molecule has 76 valence electrons. The molecule has 0 spiro atoms. The predicted molar refractivity (Wildman–Crippen MR) is 49.3 cm³/mol. The number of hydrogen-bond acceptors (Lipinski definition) is 4. The van der Waals surface area contributed by atoms with Gasteiger partial charge in [0.2, 0.25) is 10.0 Å². The molecule has 0 amide bonds. The highest BCUT2D eigenvalue weighted by molar-refractivity contribution is 7.90. The summed E-state index contributed by atoms with van der Waals surface area (Å²) in [6.07, 6.45) is 1.75. The monoisotopic (exact) mass is 213 g/mol. The van der Waals surface area contributed by atoms with Crippen LogP contribution in [0.5, 0.6) is 0 Å². The number of nitrogens with one attached hydrogen (secondary N) is 1. The summed E-state index contributed by atoms with van der Waals surface area (Å²) in [5.74, 6) is 0.126. The lowest BCUT2D eigenvalue weighted by Gasteiger charge is -2.11. The Morgan fingerprint density at radius 1 is 1.36 bits per heavy atom. The van der Waals surface area contributed by atoms with Gasteiger partial charge in [-0.25, -0.2) is 8.42 Å². The van der Waals surface area contributed by atoms with E-state index in [4.69, 9.17) is 10.5 Å². The van der Waals surface area contributed by atoms with E-state index in [1.54, 1.807) is 6.07 Å². The van der Waals surface area contributed by atoms with Gasteiger partial charge in [-0.2, -0.15) is 15.2 Å². The molecule has 0 aromatic heterocycles. The molecule has 0 aliphatic heterocycles. The molecular weight excluding hydrogens is 202 g/mol. The summed E-state index contributed by atoms with van der Waals surface area (Å²) >= 11 is 0. The summed E-state index contributed by atoms with van der Waals surface area (Å²) in [5.41, 5.74) is 0. The van der Waals surface area contributed by atoms with Crippen molar-refractivity contribution in [1.29, 1.82) is 10.5 Å². The fourth-order valence-electron chi connectivity index (χ4n) is 1.01. The lowest BCUT2D eigenvalue weighted by molar-refractivity contribution is 0.556. The molecule has 1 saturated carbocycles. The van der Waals surface area contributed by atoms with E-state index in [-0.39, 0.29) is 5.92 Å². The molecule has 0 aromatic carbocycles. The summed E-state index contributed by atoms with van der Waals surface area (Å²) < 4.78 is 25.0. The van der Waals surface area contributed by atoms with E-state index in [2.05, 4.69) is 4.72 Å². The van der Waals surface area contributed by atoms with Crippen LogP contribution in [0.15, 0.2) is 0 Å². The number of nitrogens with zero attached hydrogens (tertiary/aromatic N) is 2. The van der Waals surface area contributed by atoms with Crippen LogP contribution in [-0.2, 0) is 10.0 Å². The van der Waals surface area contributed by atoms with Gasteiger partial charge in [-0.3, -0.25) is 0 Å². The molecule has 1 aliphatic rings. The second-order valence-corrected chi connectivity index (χ2v) is 5.41. The average Bonchev–Trinajstić information content (AvgIpc) is 2.96. The Balaban J connectivity index is 2.67. The quantitative estimate of drug-likeness (QED) is 0.717. The minimum absolute atomic E-state index is 0.126. The molecule has 1 rings (SSSR count). The third-order valence-corrected chi connectivity index (χ3v) is 3.79. The van der Waals surface area contributed by atoms with Crippen LogP contribution in [0.3, 0.4) is 0 Å². The minimum atomic E-state index is -3.66. The molecule has 1 fully saturated rings. The first kappa shape index (κ1) is 11.0. The van der Waals surface area contributed by atoms with E-state index in [1.165, 1.54) is 6.92 Å². The van der Waals surface area contributed by atoms with E-state index < -0.39 is 21.3 Å². The van der Waals surface area contributed by atoms with Gasteiger partial charge in [0.15, 0.2) is 5.25 Å². The Kier molecular flexibility index (Phi) is 3.10. The maximum Gasteiger partial charge on any atom is 0.228 e. The Labute approximate surface area is 83.4 Å². The molecule has 0 saturated heterocycles. The topological polar surface area (TPSA) is 93.8 Å². The molecular formula is C8H11N3O2S. The summed E-state index contributed by atoms with van der Waals surface area (Å²) in [7, 11) is -3.66. The molecule has 0 heterocycles. The van der Waals surface area contributed by atoms with Crippen molar-refractivity contribution in [2.24, 2.45) is 5.92 Å². The van der Waals surface area contributed by atoms with Gasteiger partial charge in [0.1, 0.15) is 6.04 Å². The molecule has 14 heavy (non-hydrogen) atoms. The van der Waals surface area contributed by atoms with Crippen LogP contribution in [0.25, 0.3) is 0 Å². The number of hydrogen-bond donors (Lipinski definition) is 1. The molecule has 0 radical (unpaired) electrons. The van der Waals surface area contributed by atoms with Gasteiger partial charge in [0, 0.05) is 0 Å². The summed E-state index contributed by atoms with van der Waals surface area (Å²) in [5, 5.41) is 16.0. The number of nitriles is 2. The van der Waals surface area contributed by atoms with Crippen LogP contribution in [0.1, 0.15) is 19.8 Å². The molecule has 0 aromatic rings. The number of rotatable bonds is 4. The van der Waals surface area contributed by atoms with Crippen molar-refractivity contribution >= 4 is 10.0 Å². The van der Waals surface area contributed by atoms with Crippen molar-refractivity contribution in [1.82, 2.24) is 4.72 Å². The van der Waals surface area contributed by atoms with E-state index in [0.29, 0.717) is 0 Å². The van der Waals surface area contributed by atoms with Gasteiger partial charge in [-0.05, 0) is 25.7 Å². The lowest BCUT2D eigenvalue weighted by atomic mass is 10.2. The van der Waals surface area contributed by atoms with Crippen molar-refractivity contribution in [3.05, 3.63) is 0 Å². The normalized spacial score (nSPS) is 20.5. The first-order valence-corrected chi connectivity index (χ1v) is 5.86. The Bertz CT molecular complexity index is 386. The minimum Gasteiger partial charge on any atom is -0.211 e. The van der Waals surface area contributed by atoms with Crippen molar-refractivity contribution in [2.45, 2.75) is 31.1 Å². The van der Waals surface area contributed by atoms with Gasteiger partial charge >= 0.3 is 0 Å². The third kappa shape index (κ3) is 2.44. The smallest absolute Gasteiger partial charge is 0.211 e. The van der Waals surface area contributed by atoms with Crippen LogP contribution in [0.4, 0.5) is 0 Å². The fourth-order valence-corrected chi connectivity index (χ4v) is 1.95. The van der Waals surface area contributed by atoms with Gasteiger partial charge in [0.05, 0.1) is 12.1 Å². The average molecular weight is 213 g/mol. The second-order valence-electron chi connectivity index (χ2n) is 3.38. The number of sulfonamides is 1. The van der Waals surface area contributed by atoms with Crippen LogP contribution in [-0.4, -0.2) is 19.7 Å². The zero-order valence-electron chi connectivity index (χ0n) is 7.77. The largest absolute Gasteiger partial charge is 0.228 e. The van der Waals surface area contributed by atoms with Gasteiger partial charge in [-0.1, -0.05) is 0 Å². The first-order chi connectivity index (χ1) is 6.51. The Morgan fingerprint density at radius 3 is 2.29 bits per heavy atom. The predicted octanol–water partition coefficient (Wildman–Crippen LogP) is 0.120. The van der Waals surface area contributed by atoms with Gasteiger partial charge in [0.25, 0.3) is 0 Å². The molecule has 2 atom stereocenters. The molecule has 5 nitrogen and oxygen atoms in total. The summed E-state index contributed by atoms with van der Waals surface area (Å²) in [6.45, 7) is 1.30. The van der Waals surface area contributed by atoms with Crippen LogP contribution < -0.4 is 4.72 Å². The van der Waals surface area contributed by atoms with E-state index in [9.17, 15) is 8.42 Å². The highest BCUT2D eigenvalue weighted by atomic mass is 32.2. The van der Waals surface area contributed by atoms with Gasteiger partial charge in [-0.15, -0.1) is 0 Å². The van der Waals surface area contributed by atoms with Crippen LogP contribution in [0, 0.1) is 28.6 Å². The maximum atomic E-state index is 11.4. The molecule has 2 unspecified atom stereocenters. The van der Waals surface area contributed by atoms with Gasteiger partial charge < -0.3 is 0 Å². The van der Waals surface area contributed by atoms with E-state index >= 15 is 0 Å². The van der Waals surface area contributed by atoms with Crippen LogP contribution in [0.2, 0.25) is 0 Å². The third-order valence-electron chi connectivity index (χ3n) is 2.17. The SMILES string of the molecule is CC(C#N)S(=O)(=O)NC(C#N)C1CC1. The van der Waals surface area contributed by atoms with Crippen molar-refractivity contribution in [2.75, 3.05) is 0 Å². The fraction of sp³-hybridized carbons (Fsp3) is 0.750. The first-order valence-electron chi connectivity index (χ1n) is 4.31. The molecule has 1 aliphatic carbocycles. The Morgan fingerprint density at radius 2 is 1.93 bits per heavy atom. The summed E-state index contributed by atoms with van der Waals surface area (Å²) in [6, 6.07) is 2.86.